The van der Waals surface area contributed by atoms with Crippen molar-refractivity contribution in [2.24, 2.45) is 5.73 Å². The minimum absolute atomic E-state index is 0. The smallest absolute Gasteiger partial charge is 0.405 e. The lowest BCUT2D eigenvalue weighted by atomic mass is 10.0. The van der Waals surface area contributed by atoms with Crippen LogP contribution in [-0.4, -0.2) is 25.3 Å². The van der Waals surface area contributed by atoms with Gasteiger partial charge in [0, 0.05) is 0 Å². The molecule has 0 aliphatic rings. The van der Waals surface area contributed by atoms with E-state index < -0.39 is 11.7 Å². The molecule has 80 valence electrons. The van der Waals surface area contributed by atoms with E-state index in [0.717, 1.165) is 19.4 Å². The number of hydrogen-bond donors (Lipinski definition) is 2. The number of carbonyl (C=O) groups is 1. The van der Waals surface area contributed by atoms with Gasteiger partial charge in [-0.2, -0.15) is 0 Å². The topological polar surface area (TPSA) is 64.3 Å². The van der Waals surface area contributed by atoms with E-state index in [4.69, 9.17) is 10.5 Å². The van der Waals surface area contributed by atoms with Crippen molar-refractivity contribution in [1.82, 2.24) is 5.32 Å². The summed E-state index contributed by atoms with van der Waals surface area (Å²) in [6.07, 6.45) is 1.08. The molecule has 0 aliphatic heterocycles. The molecule has 0 radical (unpaired) electrons. The molecule has 0 unspecified atom stereocenters. The number of hydrogen-bond acceptors (Lipinski definition) is 3. The Bertz CT molecular complexity index is 151. The lowest BCUT2D eigenvalue weighted by molar-refractivity contribution is 0.0378. The number of primary amides is 1. The van der Waals surface area contributed by atoms with Crippen molar-refractivity contribution in [2.75, 3.05) is 13.6 Å². The van der Waals surface area contributed by atoms with Crippen LogP contribution < -0.4 is 11.1 Å². The van der Waals surface area contributed by atoms with Gasteiger partial charge in [0.25, 0.3) is 0 Å². The van der Waals surface area contributed by atoms with Crippen LogP contribution in [0.25, 0.3) is 0 Å². The van der Waals surface area contributed by atoms with Gasteiger partial charge < -0.3 is 15.8 Å². The molecular formula is C8H19ClN2O2. The fourth-order valence-electron chi connectivity index (χ4n) is 1.01. The van der Waals surface area contributed by atoms with E-state index in [9.17, 15) is 4.79 Å². The van der Waals surface area contributed by atoms with Crippen molar-refractivity contribution in [1.29, 1.82) is 0 Å². The Labute approximate surface area is 85.6 Å². The van der Waals surface area contributed by atoms with Crippen LogP contribution in [0.5, 0.6) is 0 Å². The first kappa shape index (κ1) is 15.0. The van der Waals surface area contributed by atoms with E-state index in [-0.39, 0.29) is 12.4 Å². The molecule has 0 fully saturated rings. The molecule has 0 aliphatic carbocycles. The average Bonchev–Trinajstić information content (AvgIpc) is 1.84. The normalized spacial score (nSPS) is 10.4. The van der Waals surface area contributed by atoms with Gasteiger partial charge in [0.2, 0.25) is 0 Å². The number of nitrogens with two attached hydrogens (primary N) is 1. The van der Waals surface area contributed by atoms with Gasteiger partial charge in [-0.05, 0) is 40.3 Å². The van der Waals surface area contributed by atoms with Gasteiger partial charge in [0.15, 0.2) is 0 Å². The number of carbonyl (C=O) groups excluding carboxylic acids is 1. The van der Waals surface area contributed by atoms with Gasteiger partial charge in [0.1, 0.15) is 5.60 Å². The highest BCUT2D eigenvalue weighted by atomic mass is 35.5. The lowest BCUT2D eigenvalue weighted by Gasteiger charge is -2.23. The fraction of sp³-hybridized carbons (Fsp3) is 0.875. The zero-order valence-corrected chi connectivity index (χ0v) is 9.24. The quantitative estimate of drug-likeness (QED) is 0.672. The highest BCUT2D eigenvalue weighted by Crippen LogP contribution is 2.15. The highest BCUT2D eigenvalue weighted by molar-refractivity contribution is 5.85. The van der Waals surface area contributed by atoms with Gasteiger partial charge in [-0.25, -0.2) is 4.79 Å². The molecule has 0 spiro atoms. The number of ether oxygens (including phenoxy) is 1. The predicted octanol–water partition coefficient (Wildman–Crippen LogP) is 1.28. The molecule has 0 saturated heterocycles. The number of halogens is 1. The Hall–Kier alpha value is -0.480. The first-order valence-electron chi connectivity index (χ1n) is 4.11. The monoisotopic (exact) mass is 210 g/mol. The third kappa shape index (κ3) is 9.43. The van der Waals surface area contributed by atoms with E-state index in [1.165, 1.54) is 0 Å². The summed E-state index contributed by atoms with van der Waals surface area (Å²) in [4.78, 5) is 10.4. The van der Waals surface area contributed by atoms with Gasteiger partial charge in [-0.3, -0.25) is 0 Å². The Kier molecular flexibility index (Phi) is 8.05. The summed E-state index contributed by atoms with van der Waals surface area (Å²) in [5.41, 5.74) is 4.46. The Morgan fingerprint density at radius 1 is 1.54 bits per heavy atom. The first-order valence-corrected chi connectivity index (χ1v) is 4.11. The van der Waals surface area contributed by atoms with E-state index in [0.29, 0.717) is 0 Å². The predicted molar refractivity (Wildman–Crippen MR) is 55.2 cm³/mol. The molecule has 3 N–H and O–H groups in total. The van der Waals surface area contributed by atoms with Crippen molar-refractivity contribution in [3.8, 4) is 0 Å². The van der Waals surface area contributed by atoms with Crippen LogP contribution >= 0.6 is 12.4 Å². The summed E-state index contributed by atoms with van der Waals surface area (Å²) in [6, 6.07) is 0. The molecule has 0 aromatic carbocycles. The van der Waals surface area contributed by atoms with Gasteiger partial charge >= 0.3 is 6.09 Å². The minimum Gasteiger partial charge on any atom is -0.444 e. The SMILES string of the molecule is CNCCCC(C)(C)OC(N)=O.Cl. The van der Waals surface area contributed by atoms with Crippen LogP contribution in [0.2, 0.25) is 0 Å². The molecule has 0 aromatic rings. The van der Waals surface area contributed by atoms with E-state index in [1.54, 1.807) is 0 Å². The Morgan fingerprint density at radius 2 is 2.08 bits per heavy atom. The third-order valence-corrected chi connectivity index (χ3v) is 1.58. The number of amides is 1. The van der Waals surface area contributed by atoms with Crippen LogP contribution in [0.1, 0.15) is 26.7 Å². The standard InChI is InChI=1S/C8H18N2O2.ClH/c1-8(2,12-7(9)11)5-4-6-10-3;/h10H,4-6H2,1-3H3,(H2,9,11);1H. The summed E-state index contributed by atoms with van der Waals surface area (Å²) in [5.74, 6) is 0. The summed E-state index contributed by atoms with van der Waals surface area (Å²) in [5, 5.41) is 3.02. The molecule has 0 bridgehead atoms. The molecule has 0 atom stereocenters. The van der Waals surface area contributed by atoms with E-state index in [1.807, 2.05) is 20.9 Å². The molecule has 1 amide bonds. The highest BCUT2D eigenvalue weighted by Gasteiger charge is 2.20. The second kappa shape index (κ2) is 6.97. The third-order valence-electron chi connectivity index (χ3n) is 1.58. The van der Waals surface area contributed by atoms with Gasteiger partial charge in [-0.1, -0.05) is 0 Å². The van der Waals surface area contributed by atoms with E-state index >= 15 is 0 Å². The number of nitrogens with one attached hydrogen (secondary N) is 1. The maximum atomic E-state index is 10.4. The molecule has 0 aromatic heterocycles. The van der Waals surface area contributed by atoms with Crippen molar-refractivity contribution >= 4 is 18.5 Å². The maximum absolute atomic E-state index is 10.4. The second-order valence-corrected chi connectivity index (χ2v) is 3.39. The lowest BCUT2D eigenvalue weighted by Crippen LogP contribution is -2.31. The van der Waals surface area contributed by atoms with Crippen LogP contribution in [0.3, 0.4) is 0 Å². The molecular weight excluding hydrogens is 192 g/mol. The first-order chi connectivity index (χ1) is 5.48. The molecule has 5 heteroatoms. The average molecular weight is 211 g/mol. The summed E-state index contributed by atoms with van der Waals surface area (Å²) < 4.78 is 4.90. The molecule has 0 rings (SSSR count). The van der Waals surface area contributed by atoms with Crippen molar-refractivity contribution < 1.29 is 9.53 Å². The van der Waals surface area contributed by atoms with Crippen molar-refractivity contribution in [3.05, 3.63) is 0 Å². The largest absolute Gasteiger partial charge is 0.444 e. The van der Waals surface area contributed by atoms with Crippen LogP contribution in [-0.2, 0) is 4.74 Å². The van der Waals surface area contributed by atoms with Crippen LogP contribution in [0, 0.1) is 0 Å². The summed E-state index contributed by atoms with van der Waals surface area (Å²) >= 11 is 0. The minimum atomic E-state index is -0.704. The van der Waals surface area contributed by atoms with Gasteiger partial charge in [-0.15, -0.1) is 12.4 Å². The maximum Gasteiger partial charge on any atom is 0.405 e. The summed E-state index contributed by atoms with van der Waals surface area (Å²) in [6.45, 7) is 4.63. The zero-order chi connectivity index (χ0) is 9.61. The summed E-state index contributed by atoms with van der Waals surface area (Å²) in [7, 11) is 1.89. The number of rotatable bonds is 5. The fourth-order valence-corrected chi connectivity index (χ4v) is 1.01. The van der Waals surface area contributed by atoms with Crippen molar-refractivity contribution in [3.63, 3.8) is 0 Å². The van der Waals surface area contributed by atoms with Crippen molar-refractivity contribution in [2.45, 2.75) is 32.3 Å². The molecule has 13 heavy (non-hydrogen) atoms. The second-order valence-electron chi connectivity index (χ2n) is 3.39. The Morgan fingerprint density at radius 3 is 2.46 bits per heavy atom. The van der Waals surface area contributed by atoms with Crippen LogP contribution in [0.15, 0.2) is 0 Å². The molecule has 4 nitrogen and oxygen atoms in total. The Balaban J connectivity index is 0. The van der Waals surface area contributed by atoms with Gasteiger partial charge in [0.05, 0.1) is 0 Å². The molecule has 0 heterocycles. The molecule has 0 saturated carbocycles. The van der Waals surface area contributed by atoms with E-state index in [2.05, 4.69) is 5.32 Å². The van der Waals surface area contributed by atoms with Crippen LogP contribution in [0.4, 0.5) is 4.79 Å². The zero-order valence-electron chi connectivity index (χ0n) is 8.42.